The zero-order valence-corrected chi connectivity index (χ0v) is 11.8. The molecule has 0 aliphatic carbocycles. The SMILES string of the molecule is C[C@H]1C[C@@H](O)C[C@@H](CO)O[C@H]1n1cnc2c(N)ncnc21. The van der Waals surface area contributed by atoms with Gasteiger partial charge in [-0.05, 0) is 6.42 Å². The summed E-state index contributed by atoms with van der Waals surface area (Å²) in [7, 11) is 0. The summed E-state index contributed by atoms with van der Waals surface area (Å²) in [4.78, 5) is 12.4. The zero-order valence-electron chi connectivity index (χ0n) is 11.8. The van der Waals surface area contributed by atoms with Gasteiger partial charge in [0.25, 0.3) is 0 Å². The molecule has 1 aliphatic heterocycles. The molecule has 1 aliphatic rings. The number of hydrogen-bond acceptors (Lipinski definition) is 7. The third-order valence-electron chi connectivity index (χ3n) is 3.86. The second-order valence-corrected chi connectivity index (χ2v) is 5.52. The predicted molar refractivity (Wildman–Crippen MR) is 75.1 cm³/mol. The fraction of sp³-hybridized carbons (Fsp3) is 0.615. The minimum Gasteiger partial charge on any atom is -0.394 e. The molecular formula is C13H19N5O3. The van der Waals surface area contributed by atoms with Crippen LogP contribution >= 0.6 is 0 Å². The third kappa shape index (κ3) is 2.57. The minimum atomic E-state index is -0.489. The van der Waals surface area contributed by atoms with Crippen LogP contribution in [0.3, 0.4) is 0 Å². The Labute approximate surface area is 121 Å². The van der Waals surface area contributed by atoms with Crippen LogP contribution in [0.4, 0.5) is 5.82 Å². The quantitative estimate of drug-likeness (QED) is 0.717. The molecule has 0 bridgehead atoms. The number of fused-ring (bicyclic) bond motifs is 1. The van der Waals surface area contributed by atoms with Crippen LogP contribution in [0.2, 0.25) is 0 Å². The van der Waals surface area contributed by atoms with E-state index in [0.29, 0.717) is 29.8 Å². The molecule has 2 aromatic rings. The molecule has 0 unspecified atom stereocenters. The molecule has 8 heteroatoms. The first kappa shape index (κ1) is 14.2. The van der Waals surface area contributed by atoms with Gasteiger partial charge in [0, 0.05) is 12.3 Å². The number of aliphatic hydroxyl groups excluding tert-OH is 2. The average Bonchev–Trinajstić information content (AvgIpc) is 2.82. The van der Waals surface area contributed by atoms with Gasteiger partial charge in [0.2, 0.25) is 0 Å². The van der Waals surface area contributed by atoms with Gasteiger partial charge in [-0.1, -0.05) is 6.92 Å². The Hall–Kier alpha value is -1.77. The number of nitrogens with zero attached hydrogens (tertiary/aromatic N) is 4. The molecule has 0 saturated carbocycles. The summed E-state index contributed by atoms with van der Waals surface area (Å²) in [6, 6.07) is 0. The van der Waals surface area contributed by atoms with E-state index < -0.39 is 12.2 Å². The molecule has 1 fully saturated rings. The first-order chi connectivity index (χ1) is 10.1. The Morgan fingerprint density at radius 2 is 2.19 bits per heavy atom. The van der Waals surface area contributed by atoms with Gasteiger partial charge in [0.05, 0.1) is 25.1 Å². The number of aliphatic hydroxyl groups is 2. The topological polar surface area (TPSA) is 119 Å². The highest BCUT2D eigenvalue weighted by Gasteiger charge is 2.32. The predicted octanol–water partition coefficient (Wildman–Crippen LogP) is 0.0754. The largest absolute Gasteiger partial charge is 0.394 e. The summed E-state index contributed by atoms with van der Waals surface area (Å²) in [5.74, 6) is 0.365. The Morgan fingerprint density at radius 1 is 1.38 bits per heavy atom. The van der Waals surface area contributed by atoms with Crippen molar-refractivity contribution in [3.05, 3.63) is 12.7 Å². The van der Waals surface area contributed by atoms with E-state index in [2.05, 4.69) is 15.0 Å². The molecular weight excluding hydrogens is 274 g/mol. The maximum atomic E-state index is 9.97. The van der Waals surface area contributed by atoms with Crippen molar-refractivity contribution in [2.24, 2.45) is 5.92 Å². The molecule has 4 N–H and O–H groups in total. The second kappa shape index (κ2) is 5.55. The van der Waals surface area contributed by atoms with Crippen LogP contribution in [0, 0.1) is 5.92 Å². The number of anilines is 1. The van der Waals surface area contributed by atoms with Gasteiger partial charge in [-0.25, -0.2) is 15.0 Å². The van der Waals surface area contributed by atoms with Crippen LogP contribution in [0.25, 0.3) is 11.2 Å². The normalized spacial score (nSPS) is 30.4. The maximum Gasteiger partial charge on any atom is 0.167 e. The minimum absolute atomic E-state index is 0.0464. The summed E-state index contributed by atoms with van der Waals surface area (Å²) in [5, 5.41) is 19.4. The van der Waals surface area contributed by atoms with Crippen LogP contribution in [-0.2, 0) is 4.74 Å². The van der Waals surface area contributed by atoms with Gasteiger partial charge in [0.15, 0.2) is 11.5 Å². The monoisotopic (exact) mass is 293 g/mol. The number of hydrogen-bond donors (Lipinski definition) is 3. The van der Waals surface area contributed by atoms with E-state index in [1.54, 1.807) is 10.9 Å². The fourth-order valence-electron chi connectivity index (χ4n) is 2.85. The van der Waals surface area contributed by atoms with Gasteiger partial charge in [-0.2, -0.15) is 0 Å². The highest BCUT2D eigenvalue weighted by molar-refractivity contribution is 5.81. The molecule has 4 atom stereocenters. The maximum absolute atomic E-state index is 9.97. The molecule has 0 spiro atoms. The standard InChI is InChI=1S/C13H19N5O3/c1-7-2-8(20)3-9(4-19)21-13(7)18-6-17-10-11(14)15-5-16-12(10)18/h5-9,13,19-20H,2-4H2,1H3,(H2,14,15,16)/t7-,8+,9-,13+/m0/s1. The number of ether oxygens (including phenoxy) is 1. The van der Waals surface area contributed by atoms with Crippen molar-refractivity contribution in [2.45, 2.75) is 38.2 Å². The lowest BCUT2D eigenvalue weighted by Gasteiger charge is -2.25. The van der Waals surface area contributed by atoms with E-state index in [9.17, 15) is 10.2 Å². The number of nitrogen functional groups attached to an aromatic ring is 1. The van der Waals surface area contributed by atoms with Crippen LogP contribution in [0.15, 0.2) is 12.7 Å². The Balaban J connectivity index is 2.01. The number of rotatable bonds is 2. The molecule has 1 saturated heterocycles. The highest BCUT2D eigenvalue weighted by Crippen LogP contribution is 2.33. The Bertz CT molecular complexity index is 631. The lowest BCUT2D eigenvalue weighted by molar-refractivity contribution is -0.0894. The lowest BCUT2D eigenvalue weighted by Crippen LogP contribution is -2.25. The third-order valence-corrected chi connectivity index (χ3v) is 3.86. The van der Waals surface area contributed by atoms with Gasteiger partial charge in [-0.3, -0.25) is 4.57 Å². The smallest absolute Gasteiger partial charge is 0.167 e. The van der Waals surface area contributed by atoms with E-state index in [4.69, 9.17) is 10.5 Å². The van der Waals surface area contributed by atoms with Crippen molar-refractivity contribution in [3.8, 4) is 0 Å². The van der Waals surface area contributed by atoms with Crippen molar-refractivity contribution in [2.75, 3.05) is 12.3 Å². The van der Waals surface area contributed by atoms with Gasteiger partial charge in [0.1, 0.15) is 18.1 Å². The lowest BCUT2D eigenvalue weighted by atomic mass is 10.0. The van der Waals surface area contributed by atoms with E-state index in [0.717, 1.165) is 0 Å². The molecule has 3 heterocycles. The number of aromatic nitrogens is 4. The van der Waals surface area contributed by atoms with Gasteiger partial charge >= 0.3 is 0 Å². The molecule has 21 heavy (non-hydrogen) atoms. The first-order valence-corrected chi connectivity index (χ1v) is 6.97. The van der Waals surface area contributed by atoms with Crippen molar-refractivity contribution in [3.63, 3.8) is 0 Å². The number of imidazole rings is 1. The second-order valence-electron chi connectivity index (χ2n) is 5.52. The summed E-state index contributed by atoms with van der Waals surface area (Å²) in [6.07, 6.45) is 2.74. The molecule has 2 aromatic heterocycles. The Kier molecular flexibility index (Phi) is 3.75. The summed E-state index contributed by atoms with van der Waals surface area (Å²) in [6.45, 7) is 1.86. The summed E-state index contributed by atoms with van der Waals surface area (Å²) < 4.78 is 7.74. The van der Waals surface area contributed by atoms with E-state index in [1.165, 1.54) is 6.33 Å². The molecule has 114 valence electrons. The molecule has 8 nitrogen and oxygen atoms in total. The van der Waals surface area contributed by atoms with Crippen LogP contribution in [0.5, 0.6) is 0 Å². The van der Waals surface area contributed by atoms with E-state index in [-0.39, 0.29) is 18.8 Å². The van der Waals surface area contributed by atoms with Crippen molar-refractivity contribution in [1.29, 1.82) is 0 Å². The zero-order chi connectivity index (χ0) is 15.0. The number of nitrogens with two attached hydrogens (primary N) is 1. The van der Waals surface area contributed by atoms with Gasteiger partial charge in [-0.15, -0.1) is 0 Å². The van der Waals surface area contributed by atoms with E-state index >= 15 is 0 Å². The average molecular weight is 293 g/mol. The van der Waals surface area contributed by atoms with Gasteiger partial charge < -0.3 is 20.7 Å². The van der Waals surface area contributed by atoms with Crippen molar-refractivity contribution >= 4 is 17.0 Å². The van der Waals surface area contributed by atoms with Crippen molar-refractivity contribution in [1.82, 2.24) is 19.5 Å². The first-order valence-electron chi connectivity index (χ1n) is 6.97. The van der Waals surface area contributed by atoms with E-state index in [1.807, 2.05) is 6.92 Å². The molecule has 0 radical (unpaired) electrons. The molecule has 0 aromatic carbocycles. The summed E-state index contributed by atoms with van der Waals surface area (Å²) in [5.41, 5.74) is 6.91. The highest BCUT2D eigenvalue weighted by atomic mass is 16.5. The van der Waals surface area contributed by atoms with Crippen LogP contribution < -0.4 is 5.73 Å². The molecule has 3 rings (SSSR count). The van der Waals surface area contributed by atoms with Crippen LogP contribution in [0.1, 0.15) is 26.0 Å². The molecule has 0 amide bonds. The Morgan fingerprint density at radius 3 is 2.95 bits per heavy atom. The fourth-order valence-corrected chi connectivity index (χ4v) is 2.85. The van der Waals surface area contributed by atoms with Crippen molar-refractivity contribution < 1.29 is 14.9 Å². The summed E-state index contributed by atoms with van der Waals surface area (Å²) >= 11 is 0. The van der Waals surface area contributed by atoms with Crippen LogP contribution in [-0.4, -0.2) is 48.5 Å².